The molecule has 0 saturated heterocycles. The highest BCUT2D eigenvalue weighted by Crippen LogP contribution is 2.38. The number of rotatable bonds is 6. The highest BCUT2D eigenvalue weighted by Gasteiger charge is 2.15. The van der Waals surface area contributed by atoms with Crippen LogP contribution in [0.15, 0.2) is 6.07 Å². The van der Waals surface area contributed by atoms with Gasteiger partial charge in [-0.2, -0.15) is 0 Å². The van der Waals surface area contributed by atoms with Crippen LogP contribution in [0.4, 0.5) is 0 Å². The lowest BCUT2D eigenvalue weighted by Crippen LogP contribution is -1.97. The summed E-state index contributed by atoms with van der Waals surface area (Å²) in [6, 6.07) is 1.44. The van der Waals surface area contributed by atoms with E-state index in [1.165, 1.54) is 6.07 Å². The maximum atomic E-state index is 9.92. The number of aromatic hydroxyl groups is 2. The van der Waals surface area contributed by atoms with E-state index in [1.54, 1.807) is 0 Å². The molecule has 0 unspecified atom stereocenters. The summed E-state index contributed by atoms with van der Waals surface area (Å²) in [5.74, 6) is -0.102. The predicted molar refractivity (Wildman–Crippen MR) is 72.0 cm³/mol. The molecule has 0 aromatic heterocycles. The van der Waals surface area contributed by atoms with Crippen LogP contribution in [0.2, 0.25) is 5.02 Å². The Hall–Kier alpha value is -0.890. The van der Waals surface area contributed by atoms with Crippen LogP contribution in [0, 0.1) is 0 Å². The third kappa shape index (κ3) is 3.53. The first-order chi connectivity index (χ1) is 8.11. The first-order valence-electron chi connectivity index (χ1n) is 6.33. The monoisotopic (exact) mass is 256 g/mol. The number of hydrogen-bond acceptors (Lipinski definition) is 2. The Morgan fingerprint density at radius 2 is 1.53 bits per heavy atom. The number of hydrogen-bond donors (Lipinski definition) is 2. The number of unbranched alkanes of at least 4 members (excludes halogenated alkanes) is 2. The van der Waals surface area contributed by atoms with Gasteiger partial charge < -0.3 is 10.2 Å². The smallest absolute Gasteiger partial charge is 0.161 e. The Morgan fingerprint density at radius 3 is 2.06 bits per heavy atom. The standard InChI is InChI=1S/C14H21ClO2/c1-3-5-7-10-11(8-6-4-2)14(17)13(16)9-12(10)15/h9,16-17H,3-8H2,1-2H3. The third-order valence-corrected chi connectivity index (χ3v) is 3.34. The number of phenolic OH excluding ortho intramolecular Hbond substituents is 2. The zero-order valence-electron chi connectivity index (χ0n) is 10.6. The molecule has 0 bridgehead atoms. The van der Waals surface area contributed by atoms with Gasteiger partial charge in [-0.1, -0.05) is 38.3 Å². The zero-order valence-corrected chi connectivity index (χ0v) is 11.3. The molecule has 1 rings (SSSR count). The van der Waals surface area contributed by atoms with Crippen molar-refractivity contribution in [1.29, 1.82) is 0 Å². The normalized spacial score (nSPS) is 10.8. The molecule has 2 nitrogen and oxygen atoms in total. The molecule has 0 aliphatic rings. The molecule has 2 N–H and O–H groups in total. The summed E-state index contributed by atoms with van der Waals surface area (Å²) < 4.78 is 0. The van der Waals surface area contributed by atoms with Gasteiger partial charge >= 0.3 is 0 Å². The van der Waals surface area contributed by atoms with Gasteiger partial charge in [0.25, 0.3) is 0 Å². The van der Waals surface area contributed by atoms with Crippen molar-refractivity contribution in [1.82, 2.24) is 0 Å². The fraction of sp³-hybridized carbons (Fsp3) is 0.571. The van der Waals surface area contributed by atoms with Crippen molar-refractivity contribution in [2.45, 2.75) is 52.4 Å². The van der Waals surface area contributed by atoms with Crippen molar-refractivity contribution >= 4 is 11.6 Å². The summed E-state index contributed by atoms with van der Waals surface area (Å²) in [4.78, 5) is 0. The first kappa shape index (κ1) is 14.2. The van der Waals surface area contributed by atoms with Crippen molar-refractivity contribution in [2.24, 2.45) is 0 Å². The van der Waals surface area contributed by atoms with Gasteiger partial charge in [0.1, 0.15) is 0 Å². The van der Waals surface area contributed by atoms with Crippen LogP contribution in [0.25, 0.3) is 0 Å². The van der Waals surface area contributed by atoms with Crippen molar-refractivity contribution < 1.29 is 10.2 Å². The topological polar surface area (TPSA) is 40.5 Å². The summed E-state index contributed by atoms with van der Waals surface area (Å²) in [5, 5.41) is 20.1. The Morgan fingerprint density at radius 1 is 1.00 bits per heavy atom. The molecule has 96 valence electrons. The third-order valence-electron chi connectivity index (χ3n) is 3.01. The molecule has 3 heteroatoms. The van der Waals surface area contributed by atoms with Crippen LogP contribution in [0.5, 0.6) is 11.5 Å². The fourth-order valence-electron chi connectivity index (χ4n) is 1.96. The molecule has 1 aromatic rings. The van der Waals surface area contributed by atoms with E-state index in [2.05, 4.69) is 13.8 Å². The first-order valence-corrected chi connectivity index (χ1v) is 6.71. The summed E-state index contributed by atoms with van der Waals surface area (Å²) in [5.41, 5.74) is 1.82. The van der Waals surface area contributed by atoms with Crippen molar-refractivity contribution in [3.8, 4) is 11.5 Å². The van der Waals surface area contributed by atoms with Crippen LogP contribution >= 0.6 is 11.6 Å². The van der Waals surface area contributed by atoms with E-state index in [4.69, 9.17) is 11.6 Å². The van der Waals surface area contributed by atoms with Gasteiger partial charge in [0, 0.05) is 16.7 Å². The SMILES string of the molecule is CCCCc1c(Cl)cc(O)c(O)c1CCCC. The Bertz CT molecular complexity index is 375. The van der Waals surface area contributed by atoms with Gasteiger partial charge in [-0.05, 0) is 31.2 Å². The Balaban J connectivity index is 3.09. The van der Waals surface area contributed by atoms with E-state index in [0.717, 1.165) is 49.7 Å². The molecular formula is C14H21ClO2. The van der Waals surface area contributed by atoms with Gasteiger partial charge in [0.05, 0.1) is 0 Å². The summed E-state index contributed by atoms with van der Waals surface area (Å²) in [6.45, 7) is 4.23. The average Bonchev–Trinajstić information content (AvgIpc) is 2.30. The van der Waals surface area contributed by atoms with Gasteiger partial charge in [0.2, 0.25) is 0 Å². The summed E-state index contributed by atoms with van der Waals surface area (Å²) in [6.07, 6.45) is 5.82. The van der Waals surface area contributed by atoms with Crippen molar-refractivity contribution in [2.75, 3.05) is 0 Å². The summed E-state index contributed by atoms with van der Waals surface area (Å²) >= 11 is 6.15. The number of benzene rings is 1. The van der Waals surface area contributed by atoms with Crippen LogP contribution < -0.4 is 0 Å². The second-order valence-corrected chi connectivity index (χ2v) is 4.80. The molecule has 0 radical (unpaired) electrons. The average molecular weight is 257 g/mol. The van der Waals surface area contributed by atoms with E-state index < -0.39 is 0 Å². The van der Waals surface area contributed by atoms with Crippen LogP contribution in [0.1, 0.15) is 50.7 Å². The van der Waals surface area contributed by atoms with Gasteiger partial charge in [-0.25, -0.2) is 0 Å². The Kier molecular flexibility index (Phi) is 5.63. The number of phenols is 2. The van der Waals surface area contributed by atoms with Gasteiger partial charge in [-0.15, -0.1) is 0 Å². The highest BCUT2D eigenvalue weighted by molar-refractivity contribution is 6.31. The minimum atomic E-state index is -0.110. The highest BCUT2D eigenvalue weighted by atomic mass is 35.5. The summed E-state index contributed by atoms with van der Waals surface area (Å²) in [7, 11) is 0. The maximum Gasteiger partial charge on any atom is 0.161 e. The second-order valence-electron chi connectivity index (χ2n) is 4.39. The molecule has 0 spiro atoms. The molecule has 0 atom stereocenters. The van der Waals surface area contributed by atoms with E-state index in [9.17, 15) is 10.2 Å². The van der Waals surface area contributed by atoms with Crippen LogP contribution in [-0.2, 0) is 12.8 Å². The van der Waals surface area contributed by atoms with Gasteiger partial charge in [0.15, 0.2) is 11.5 Å². The molecule has 0 aliphatic heterocycles. The minimum absolute atomic E-state index is 0.00829. The fourth-order valence-corrected chi connectivity index (χ4v) is 2.28. The van der Waals surface area contributed by atoms with Crippen molar-refractivity contribution in [3.05, 3.63) is 22.2 Å². The lowest BCUT2D eigenvalue weighted by atomic mass is 9.96. The predicted octanol–water partition coefficient (Wildman–Crippen LogP) is 4.44. The van der Waals surface area contributed by atoms with E-state index in [-0.39, 0.29) is 11.5 Å². The number of halogens is 1. The maximum absolute atomic E-state index is 9.92. The molecule has 0 amide bonds. The Labute approximate surface area is 108 Å². The molecule has 0 fully saturated rings. The van der Waals surface area contributed by atoms with E-state index >= 15 is 0 Å². The van der Waals surface area contributed by atoms with E-state index in [1.807, 2.05) is 0 Å². The molecule has 0 aliphatic carbocycles. The molecule has 0 heterocycles. The second kappa shape index (κ2) is 6.75. The molecule has 0 saturated carbocycles. The van der Waals surface area contributed by atoms with Crippen LogP contribution in [-0.4, -0.2) is 10.2 Å². The lowest BCUT2D eigenvalue weighted by Gasteiger charge is -2.14. The van der Waals surface area contributed by atoms with E-state index in [0.29, 0.717) is 5.02 Å². The molecule has 1 aromatic carbocycles. The molecular weight excluding hydrogens is 236 g/mol. The quantitative estimate of drug-likeness (QED) is 0.739. The van der Waals surface area contributed by atoms with Crippen molar-refractivity contribution in [3.63, 3.8) is 0 Å². The van der Waals surface area contributed by atoms with Gasteiger partial charge in [-0.3, -0.25) is 0 Å². The van der Waals surface area contributed by atoms with Crippen LogP contribution in [0.3, 0.4) is 0 Å². The molecule has 17 heavy (non-hydrogen) atoms. The minimum Gasteiger partial charge on any atom is -0.504 e. The zero-order chi connectivity index (χ0) is 12.8. The lowest BCUT2D eigenvalue weighted by molar-refractivity contribution is 0.398. The largest absolute Gasteiger partial charge is 0.504 e.